The van der Waals surface area contributed by atoms with E-state index >= 15 is 0 Å². The Kier molecular flexibility index (Phi) is 6.03. The van der Waals surface area contributed by atoms with Gasteiger partial charge in [-0.2, -0.15) is 0 Å². The van der Waals surface area contributed by atoms with Crippen LogP contribution in [0.1, 0.15) is 25.7 Å². The zero-order valence-electron chi connectivity index (χ0n) is 9.36. The Morgan fingerprint density at radius 1 is 1.31 bits per heavy atom. The first-order chi connectivity index (χ1) is 7.59. The van der Waals surface area contributed by atoms with Crippen molar-refractivity contribution in [3.63, 3.8) is 0 Å². The normalized spacial score (nSPS) is 26.1. The van der Waals surface area contributed by atoms with E-state index in [9.17, 15) is 8.42 Å². The molecule has 0 aromatic rings. The van der Waals surface area contributed by atoms with Gasteiger partial charge in [0.2, 0.25) is 10.0 Å². The molecule has 0 aromatic carbocycles. The Hall–Kier alpha value is 0.160. The fraction of sp³-hybridized carbons (Fsp3) is 1.00. The van der Waals surface area contributed by atoms with Crippen molar-refractivity contribution in [3.05, 3.63) is 0 Å². The maximum atomic E-state index is 11.5. The van der Waals surface area contributed by atoms with Gasteiger partial charge < -0.3 is 5.11 Å². The van der Waals surface area contributed by atoms with Crippen LogP contribution >= 0.6 is 11.6 Å². The highest BCUT2D eigenvalue weighted by atomic mass is 35.5. The van der Waals surface area contributed by atoms with Gasteiger partial charge >= 0.3 is 0 Å². The number of aliphatic hydroxyl groups is 1. The fourth-order valence-corrected chi connectivity index (χ4v) is 3.60. The van der Waals surface area contributed by atoms with Crippen molar-refractivity contribution in [2.45, 2.75) is 25.7 Å². The lowest BCUT2D eigenvalue weighted by atomic mass is 9.97. The zero-order chi connectivity index (χ0) is 12.0. The summed E-state index contributed by atoms with van der Waals surface area (Å²) in [4.78, 5) is 0. The summed E-state index contributed by atoms with van der Waals surface area (Å²) in [7, 11) is -3.18. The summed E-state index contributed by atoms with van der Waals surface area (Å²) in [5.41, 5.74) is 0. The first kappa shape index (κ1) is 14.2. The largest absolute Gasteiger partial charge is 0.396 e. The van der Waals surface area contributed by atoms with Gasteiger partial charge in [-0.05, 0) is 31.1 Å². The monoisotopic (exact) mass is 269 g/mol. The standard InChI is InChI=1S/C10H20ClNO3S/c11-5-2-6-16(14,15)12-7-9-3-1-4-10(9)8-13/h9-10,12-13H,1-8H2. The van der Waals surface area contributed by atoms with Crippen LogP contribution in [0.25, 0.3) is 0 Å². The number of alkyl halides is 1. The third kappa shape index (κ3) is 4.57. The molecule has 2 atom stereocenters. The van der Waals surface area contributed by atoms with Gasteiger partial charge in [-0.25, -0.2) is 13.1 Å². The highest BCUT2D eigenvalue weighted by molar-refractivity contribution is 7.89. The summed E-state index contributed by atoms with van der Waals surface area (Å²) in [6.45, 7) is 0.615. The molecular weight excluding hydrogens is 250 g/mol. The number of rotatable bonds is 7. The van der Waals surface area contributed by atoms with Crippen LogP contribution in [0.2, 0.25) is 0 Å². The molecular formula is C10H20ClNO3S. The second-order valence-electron chi connectivity index (χ2n) is 4.34. The second kappa shape index (κ2) is 6.79. The molecule has 0 aromatic heterocycles. The number of sulfonamides is 1. The smallest absolute Gasteiger partial charge is 0.211 e. The third-order valence-electron chi connectivity index (χ3n) is 3.16. The van der Waals surface area contributed by atoms with E-state index in [1.54, 1.807) is 0 Å². The van der Waals surface area contributed by atoms with E-state index in [-0.39, 0.29) is 24.2 Å². The molecule has 1 saturated carbocycles. The van der Waals surface area contributed by atoms with E-state index in [1.807, 2.05) is 0 Å². The van der Waals surface area contributed by atoms with Gasteiger partial charge in [0.25, 0.3) is 0 Å². The highest BCUT2D eigenvalue weighted by Crippen LogP contribution is 2.30. The van der Waals surface area contributed by atoms with Crippen molar-refractivity contribution in [3.8, 4) is 0 Å². The Bertz CT molecular complexity index is 294. The van der Waals surface area contributed by atoms with Crippen LogP contribution in [0.4, 0.5) is 0 Å². The molecule has 1 fully saturated rings. The molecule has 0 amide bonds. The number of aliphatic hydroxyl groups excluding tert-OH is 1. The average Bonchev–Trinajstić information content (AvgIpc) is 2.71. The molecule has 16 heavy (non-hydrogen) atoms. The van der Waals surface area contributed by atoms with E-state index in [0.717, 1.165) is 19.3 Å². The van der Waals surface area contributed by atoms with E-state index in [4.69, 9.17) is 16.7 Å². The quantitative estimate of drug-likeness (QED) is 0.676. The van der Waals surface area contributed by atoms with Crippen molar-refractivity contribution in [1.29, 1.82) is 0 Å². The number of halogens is 1. The van der Waals surface area contributed by atoms with Crippen molar-refractivity contribution in [1.82, 2.24) is 4.72 Å². The highest BCUT2D eigenvalue weighted by Gasteiger charge is 2.27. The molecule has 1 aliphatic carbocycles. The molecule has 0 radical (unpaired) electrons. The summed E-state index contributed by atoms with van der Waals surface area (Å²) >= 11 is 5.46. The first-order valence-electron chi connectivity index (χ1n) is 5.73. The summed E-state index contributed by atoms with van der Waals surface area (Å²) in [5.74, 6) is 1.00. The number of nitrogens with one attached hydrogen (secondary N) is 1. The Morgan fingerprint density at radius 3 is 2.62 bits per heavy atom. The topological polar surface area (TPSA) is 66.4 Å². The van der Waals surface area contributed by atoms with Crippen LogP contribution in [0, 0.1) is 11.8 Å². The molecule has 0 saturated heterocycles. The molecule has 6 heteroatoms. The van der Waals surface area contributed by atoms with Gasteiger partial charge in [0.1, 0.15) is 0 Å². The lowest BCUT2D eigenvalue weighted by Gasteiger charge is -2.17. The van der Waals surface area contributed by atoms with E-state index in [0.29, 0.717) is 18.8 Å². The van der Waals surface area contributed by atoms with Crippen molar-refractivity contribution >= 4 is 21.6 Å². The van der Waals surface area contributed by atoms with Crippen molar-refractivity contribution in [2.24, 2.45) is 11.8 Å². The molecule has 4 nitrogen and oxygen atoms in total. The molecule has 2 N–H and O–H groups in total. The lowest BCUT2D eigenvalue weighted by molar-refractivity contribution is 0.195. The van der Waals surface area contributed by atoms with Gasteiger partial charge in [-0.15, -0.1) is 11.6 Å². The molecule has 2 unspecified atom stereocenters. The van der Waals surface area contributed by atoms with Crippen LogP contribution in [-0.4, -0.2) is 38.3 Å². The fourth-order valence-electron chi connectivity index (χ4n) is 2.17. The zero-order valence-corrected chi connectivity index (χ0v) is 10.9. The molecule has 1 aliphatic rings. The number of hydrogen-bond donors (Lipinski definition) is 2. The third-order valence-corrected chi connectivity index (χ3v) is 4.86. The van der Waals surface area contributed by atoms with Gasteiger partial charge in [-0.1, -0.05) is 6.42 Å². The van der Waals surface area contributed by atoms with E-state index < -0.39 is 10.0 Å². The predicted molar refractivity (Wildman–Crippen MR) is 65.0 cm³/mol. The van der Waals surface area contributed by atoms with Gasteiger partial charge in [-0.3, -0.25) is 0 Å². The second-order valence-corrected chi connectivity index (χ2v) is 6.65. The SMILES string of the molecule is O=S(=O)(CCCCl)NCC1CCCC1CO. The summed E-state index contributed by atoms with van der Waals surface area (Å²) in [6.07, 6.45) is 3.57. The van der Waals surface area contributed by atoms with E-state index in [1.165, 1.54) is 0 Å². The molecule has 0 heterocycles. The minimum Gasteiger partial charge on any atom is -0.396 e. The van der Waals surface area contributed by atoms with Gasteiger partial charge in [0.15, 0.2) is 0 Å². The molecule has 96 valence electrons. The minimum atomic E-state index is -3.18. The molecule has 1 rings (SSSR count). The Labute approximate surface area is 102 Å². The summed E-state index contributed by atoms with van der Waals surface area (Å²) < 4.78 is 25.6. The first-order valence-corrected chi connectivity index (χ1v) is 7.92. The predicted octanol–water partition coefficient (Wildman–Crippen LogP) is 0.943. The summed E-state index contributed by atoms with van der Waals surface area (Å²) in [6, 6.07) is 0. The molecule has 0 bridgehead atoms. The van der Waals surface area contributed by atoms with Crippen molar-refractivity contribution < 1.29 is 13.5 Å². The average molecular weight is 270 g/mol. The van der Waals surface area contributed by atoms with Crippen LogP contribution in [0.5, 0.6) is 0 Å². The maximum absolute atomic E-state index is 11.5. The summed E-state index contributed by atoms with van der Waals surface area (Å²) in [5, 5.41) is 9.11. The van der Waals surface area contributed by atoms with Gasteiger partial charge in [0.05, 0.1) is 5.75 Å². The lowest BCUT2D eigenvalue weighted by Crippen LogP contribution is -2.33. The van der Waals surface area contributed by atoms with Crippen LogP contribution in [0.15, 0.2) is 0 Å². The van der Waals surface area contributed by atoms with Crippen LogP contribution in [-0.2, 0) is 10.0 Å². The Balaban J connectivity index is 2.33. The maximum Gasteiger partial charge on any atom is 0.211 e. The Morgan fingerprint density at radius 2 is 2.00 bits per heavy atom. The van der Waals surface area contributed by atoms with Crippen LogP contribution < -0.4 is 4.72 Å². The van der Waals surface area contributed by atoms with E-state index in [2.05, 4.69) is 4.72 Å². The number of hydrogen-bond acceptors (Lipinski definition) is 3. The molecule has 0 spiro atoms. The van der Waals surface area contributed by atoms with Gasteiger partial charge in [0, 0.05) is 19.0 Å². The van der Waals surface area contributed by atoms with Crippen molar-refractivity contribution in [2.75, 3.05) is 24.8 Å². The minimum absolute atomic E-state index is 0.0903. The van der Waals surface area contributed by atoms with Crippen LogP contribution in [0.3, 0.4) is 0 Å². The molecule has 0 aliphatic heterocycles.